The zero-order valence-electron chi connectivity index (χ0n) is 11.3. The molecule has 5 heteroatoms. The lowest BCUT2D eigenvalue weighted by Crippen LogP contribution is -2.43. The third-order valence-corrected chi connectivity index (χ3v) is 3.59. The molecule has 106 valence electrons. The fraction of sp³-hybridized carbons (Fsp3) is 0.643. The number of carbonyl (C=O) groups excluding carboxylic acids is 1. The van der Waals surface area contributed by atoms with E-state index in [2.05, 4.69) is 17.1 Å². The van der Waals surface area contributed by atoms with Crippen LogP contribution in [0, 0.1) is 5.92 Å². The van der Waals surface area contributed by atoms with Crippen LogP contribution in [0.1, 0.15) is 30.3 Å². The second kappa shape index (κ2) is 6.73. The predicted molar refractivity (Wildman–Crippen MR) is 71.9 cm³/mol. The third-order valence-electron chi connectivity index (χ3n) is 3.59. The summed E-state index contributed by atoms with van der Waals surface area (Å²) in [7, 11) is 0. The van der Waals surface area contributed by atoms with Crippen molar-refractivity contribution in [2.45, 2.75) is 25.9 Å². The zero-order chi connectivity index (χ0) is 13.7. The fourth-order valence-electron chi connectivity index (χ4n) is 2.31. The lowest BCUT2D eigenvalue weighted by molar-refractivity contribution is 0.0779. The summed E-state index contributed by atoms with van der Waals surface area (Å²) < 4.78 is 4.99. The van der Waals surface area contributed by atoms with Crippen LogP contribution >= 0.6 is 0 Å². The lowest BCUT2D eigenvalue weighted by Gasteiger charge is -2.31. The van der Waals surface area contributed by atoms with E-state index in [1.807, 2.05) is 0 Å². The number of nitrogens with one attached hydrogen (secondary N) is 1. The predicted octanol–water partition coefficient (Wildman–Crippen LogP) is 1.10. The molecule has 1 atom stereocenters. The van der Waals surface area contributed by atoms with Crippen LogP contribution in [0.2, 0.25) is 0 Å². The molecule has 0 spiro atoms. The smallest absolute Gasteiger partial charge is 0.287 e. The molecule has 0 radical (unpaired) electrons. The molecule has 1 aliphatic rings. The highest BCUT2D eigenvalue weighted by molar-refractivity contribution is 5.91. The van der Waals surface area contributed by atoms with Gasteiger partial charge in [0, 0.05) is 13.1 Å². The van der Waals surface area contributed by atoms with Gasteiger partial charge >= 0.3 is 0 Å². The van der Waals surface area contributed by atoms with Crippen molar-refractivity contribution in [2.75, 3.05) is 26.2 Å². The first-order valence-corrected chi connectivity index (χ1v) is 6.87. The molecule has 0 aromatic carbocycles. The van der Waals surface area contributed by atoms with Crippen LogP contribution in [0.3, 0.4) is 0 Å². The van der Waals surface area contributed by atoms with Crippen LogP contribution in [0.15, 0.2) is 22.8 Å². The van der Waals surface area contributed by atoms with Crippen LogP contribution in [0.4, 0.5) is 0 Å². The molecule has 0 aliphatic carbocycles. The molecule has 5 nitrogen and oxygen atoms in total. The number of β-amino-alcohol motifs (C(OH)–C–C–N with tert-alkyl or cyclic N) is 1. The van der Waals surface area contributed by atoms with Crippen LogP contribution in [-0.2, 0) is 0 Å². The standard InChI is InChI=1S/C14H22N2O3/c1-11-4-6-16(7-5-11)10-12(17)9-15-14(18)13-3-2-8-19-13/h2-3,8,11-12,17H,4-7,9-10H2,1H3,(H,15,18). The summed E-state index contributed by atoms with van der Waals surface area (Å²) in [5.74, 6) is 0.780. The first kappa shape index (κ1) is 14.1. The van der Waals surface area contributed by atoms with E-state index in [4.69, 9.17) is 4.42 Å². The number of amides is 1. The number of aliphatic hydroxyl groups is 1. The van der Waals surface area contributed by atoms with Crippen molar-refractivity contribution >= 4 is 5.91 Å². The molecule has 2 rings (SSSR count). The number of hydrogen-bond donors (Lipinski definition) is 2. The van der Waals surface area contributed by atoms with E-state index in [0.717, 1.165) is 19.0 Å². The van der Waals surface area contributed by atoms with Crippen LogP contribution in [-0.4, -0.2) is 48.2 Å². The van der Waals surface area contributed by atoms with Gasteiger partial charge in [0.25, 0.3) is 5.91 Å². The van der Waals surface area contributed by atoms with E-state index in [-0.39, 0.29) is 18.2 Å². The molecular weight excluding hydrogens is 244 g/mol. The molecule has 2 heterocycles. The number of aliphatic hydroxyl groups excluding tert-OH is 1. The van der Waals surface area contributed by atoms with Gasteiger partial charge in [-0.3, -0.25) is 4.79 Å². The summed E-state index contributed by atoms with van der Waals surface area (Å²) in [6.07, 6.45) is 3.30. The Labute approximate surface area is 113 Å². The summed E-state index contributed by atoms with van der Waals surface area (Å²) in [4.78, 5) is 13.9. The average Bonchev–Trinajstić information content (AvgIpc) is 2.93. The summed E-state index contributed by atoms with van der Waals surface area (Å²) in [6, 6.07) is 3.27. The van der Waals surface area contributed by atoms with Gasteiger partial charge in [0.1, 0.15) is 0 Å². The third kappa shape index (κ3) is 4.36. The second-order valence-corrected chi connectivity index (χ2v) is 5.32. The lowest BCUT2D eigenvalue weighted by atomic mass is 9.99. The molecule has 1 aromatic rings. The fourth-order valence-corrected chi connectivity index (χ4v) is 2.31. The number of nitrogens with zero attached hydrogens (tertiary/aromatic N) is 1. The molecule has 1 unspecified atom stereocenters. The highest BCUT2D eigenvalue weighted by Crippen LogP contribution is 2.15. The van der Waals surface area contributed by atoms with Crippen LogP contribution < -0.4 is 5.32 Å². The van der Waals surface area contributed by atoms with Crippen LogP contribution in [0.5, 0.6) is 0 Å². The molecule has 1 aliphatic heterocycles. The van der Waals surface area contributed by atoms with Crippen molar-refractivity contribution in [3.05, 3.63) is 24.2 Å². The van der Waals surface area contributed by atoms with Crippen LogP contribution in [0.25, 0.3) is 0 Å². The number of carbonyl (C=O) groups is 1. The Bertz CT molecular complexity index is 383. The van der Waals surface area contributed by atoms with Crippen molar-refractivity contribution in [1.29, 1.82) is 0 Å². The maximum atomic E-state index is 11.6. The monoisotopic (exact) mass is 266 g/mol. The summed E-state index contributed by atoms with van der Waals surface area (Å²) in [5.41, 5.74) is 0. The van der Waals surface area contributed by atoms with Gasteiger partial charge in [0.15, 0.2) is 5.76 Å². The summed E-state index contributed by atoms with van der Waals surface area (Å²) in [5, 5.41) is 12.6. The van der Waals surface area contributed by atoms with Gasteiger partial charge in [-0.15, -0.1) is 0 Å². The topological polar surface area (TPSA) is 65.7 Å². The molecule has 19 heavy (non-hydrogen) atoms. The molecule has 2 N–H and O–H groups in total. The Morgan fingerprint density at radius 1 is 1.58 bits per heavy atom. The van der Waals surface area contributed by atoms with Gasteiger partial charge < -0.3 is 19.7 Å². The maximum Gasteiger partial charge on any atom is 0.287 e. The van der Waals surface area contributed by atoms with E-state index in [1.165, 1.54) is 19.1 Å². The zero-order valence-corrected chi connectivity index (χ0v) is 11.3. The van der Waals surface area contributed by atoms with Gasteiger partial charge in [-0.05, 0) is 44.0 Å². The number of hydrogen-bond acceptors (Lipinski definition) is 4. The number of likely N-dealkylation sites (tertiary alicyclic amines) is 1. The van der Waals surface area contributed by atoms with E-state index in [0.29, 0.717) is 6.54 Å². The average molecular weight is 266 g/mol. The Kier molecular flexibility index (Phi) is 4.99. The van der Waals surface area contributed by atoms with Gasteiger partial charge in [0.2, 0.25) is 0 Å². The minimum absolute atomic E-state index is 0.256. The van der Waals surface area contributed by atoms with E-state index in [1.54, 1.807) is 12.1 Å². The normalized spacial score (nSPS) is 19.3. The van der Waals surface area contributed by atoms with Gasteiger partial charge in [0.05, 0.1) is 12.4 Å². The Hall–Kier alpha value is -1.33. The highest BCUT2D eigenvalue weighted by atomic mass is 16.3. The van der Waals surface area contributed by atoms with E-state index >= 15 is 0 Å². The van der Waals surface area contributed by atoms with Gasteiger partial charge in [-0.1, -0.05) is 6.92 Å². The van der Waals surface area contributed by atoms with Crippen molar-refractivity contribution in [3.8, 4) is 0 Å². The van der Waals surface area contributed by atoms with Gasteiger partial charge in [-0.2, -0.15) is 0 Å². The largest absolute Gasteiger partial charge is 0.459 e. The minimum atomic E-state index is -0.535. The van der Waals surface area contributed by atoms with Crippen molar-refractivity contribution < 1.29 is 14.3 Å². The van der Waals surface area contributed by atoms with Crippen molar-refractivity contribution in [1.82, 2.24) is 10.2 Å². The summed E-state index contributed by atoms with van der Waals surface area (Å²) >= 11 is 0. The first-order chi connectivity index (χ1) is 9.15. The Morgan fingerprint density at radius 3 is 2.95 bits per heavy atom. The summed E-state index contributed by atoms with van der Waals surface area (Å²) in [6.45, 7) is 5.20. The van der Waals surface area contributed by atoms with E-state index < -0.39 is 6.10 Å². The number of piperidine rings is 1. The number of rotatable bonds is 5. The molecule has 1 saturated heterocycles. The highest BCUT2D eigenvalue weighted by Gasteiger charge is 2.19. The molecule has 0 bridgehead atoms. The van der Waals surface area contributed by atoms with E-state index in [9.17, 15) is 9.90 Å². The molecule has 1 fully saturated rings. The van der Waals surface area contributed by atoms with Crippen molar-refractivity contribution in [2.24, 2.45) is 5.92 Å². The number of furan rings is 1. The van der Waals surface area contributed by atoms with Gasteiger partial charge in [-0.25, -0.2) is 0 Å². The quantitative estimate of drug-likeness (QED) is 0.837. The molecule has 1 aromatic heterocycles. The Balaban J connectivity index is 1.67. The molecular formula is C14H22N2O3. The SMILES string of the molecule is CC1CCN(CC(O)CNC(=O)c2ccco2)CC1. The maximum absolute atomic E-state index is 11.6. The Morgan fingerprint density at radius 2 is 2.32 bits per heavy atom. The second-order valence-electron chi connectivity index (χ2n) is 5.32. The van der Waals surface area contributed by atoms with Crippen molar-refractivity contribution in [3.63, 3.8) is 0 Å². The first-order valence-electron chi connectivity index (χ1n) is 6.87. The molecule has 0 saturated carbocycles. The molecule has 1 amide bonds. The minimum Gasteiger partial charge on any atom is -0.459 e.